The van der Waals surface area contributed by atoms with Gasteiger partial charge in [-0.25, -0.2) is 0 Å². The van der Waals surface area contributed by atoms with E-state index in [0.29, 0.717) is 17.0 Å². The van der Waals surface area contributed by atoms with E-state index < -0.39 is 0 Å². The molecule has 0 radical (unpaired) electrons. The molecule has 0 saturated heterocycles. The van der Waals surface area contributed by atoms with E-state index in [4.69, 9.17) is 16.3 Å². The van der Waals surface area contributed by atoms with Gasteiger partial charge in [-0.15, -0.1) is 0 Å². The van der Waals surface area contributed by atoms with Crippen LogP contribution in [0.1, 0.15) is 33.5 Å². The van der Waals surface area contributed by atoms with E-state index in [9.17, 15) is 4.79 Å². The van der Waals surface area contributed by atoms with Crippen LogP contribution in [0.25, 0.3) is 0 Å². The van der Waals surface area contributed by atoms with Gasteiger partial charge in [-0.2, -0.15) is 0 Å². The molecule has 0 aromatic heterocycles. The Bertz CT molecular complexity index is 692. The zero-order valence-corrected chi connectivity index (χ0v) is 12.7. The lowest BCUT2D eigenvalue weighted by atomic mass is 10.00. The van der Waals surface area contributed by atoms with Crippen LogP contribution in [0.3, 0.4) is 0 Å². The molecule has 2 aromatic carbocycles. The summed E-state index contributed by atoms with van der Waals surface area (Å²) in [5, 5.41) is 0.544. The lowest BCUT2D eigenvalue weighted by Gasteiger charge is -2.06. The van der Waals surface area contributed by atoms with Gasteiger partial charge in [-0.1, -0.05) is 29.8 Å². The number of benzene rings is 2. The van der Waals surface area contributed by atoms with Crippen LogP contribution in [-0.4, -0.2) is 12.4 Å². The normalized spacial score (nSPS) is 12.9. The van der Waals surface area contributed by atoms with Crippen LogP contribution in [0.5, 0.6) is 5.75 Å². The molecule has 0 N–H and O–H groups in total. The van der Waals surface area contributed by atoms with E-state index in [2.05, 4.69) is 6.07 Å². The third-order valence-corrected chi connectivity index (χ3v) is 4.13. The Morgan fingerprint density at radius 3 is 2.90 bits per heavy atom. The zero-order valence-electron chi connectivity index (χ0n) is 12.0. The molecule has 3 rings (SSSR count). The average Bonchev–Trinajstić information content (AvgIpc) is 2.92. The van der Waals surface area contributed by atoms with Crippen molar-refractivity contribution in [3.05, 3.63) is 63.7 Å². The first-order valence-electron chi connectivity index (χ1n) is 7.17. The molecular formula is C18H17ClO2. The quantitative estimate of drug-likeness (QED) is 0.782. The molecule has 0 atom stereocenters. The minimum Gasteiger partial charge on any atom is -0.493 e. The van der Waals surface area contributed by atoms with Gasteiger partial charge < -0.3 is 4.74 Å². The second-order valence-electron chi connectivity index (χ2n) is 5.45. The van der Waals surface area contributed by atoms with E-state index in [0.717, 1.165) is 30.8 Å². The maximum atomic E-state index is 12.3. The van der Waals surface area contributed by atoms with Crippen molar-refractivity contribution in [2.75, 3.05) is 6.61 Å². The summed E-state index contributed by atoms with van der Waals surface area (Å²) in [5.41, 5.74) is 4.10. The summed E-state index contributed by atoms with van der Waals surface area (Å²) < 4.78 is 5.49. The molecule has 0 fully saturated rings. The first-order valence-corrected chi connectivity index (χ1v) is 7.55. The number of rotatable bonds is 4. The number of Topliss-reactive ketones (excluding diaryl/α,β-unsaturated/α-hetero) is 1. The van der Waals surface area contributed by atoms with Gasteiger partial charge in [0.05, 0.1) is 11.6 Å². The monoisotopic (exact) mass is 300 g/mol. The molecule has 0 bridgehead atoms. The van der Waals surface area contributed by atoms with Crippen LogP contribution in [0, 0.1) is 6.92 Å². The molecule has 2 aromatic rings. The van der Waals surface area contributed by atoms with Gasteiger partial charge in [0.15, 0.2) is 5.78 Å². The molecule has 1 heterocycles. The van der Waals surface area contributed by atoms with Crippen molar-refractivity contribution in [2.45, 2.75) is 26.2 Å². The molecule has 3 heteroatoms. The number of carbonyl (C=O) groups is 1. The first kappa shape index (κ1) is 14.2. The van der Waals surface area contributed by atoms with Crippen molar-refractivity contribution in [3.8, 4) is 5.75 Å². The van der Waals surface area contributed by atoms with Gasteiger partial charge in [0.2, 0.25) is 0 Å². The Kier molecular flexibility index (Phi) is 3.98. The van der Waals surface area contributed by atoms with Gasteiger partial charge in [-0.3, -0.25) is 4.79 Å². The number of carbonyl (C=O) groups excluding carboxylic acids is 1. The molecule has 2 nitrogen and oxygen atoms in total. The number of hydrogen-bond acceptors (Lipinski definition) is 2. The fourth-order valence-corrected chi connectivity index (χ4v) is 2.97. The van der Waals surface area contributed by atoms with Crippen LogP contribution in [0.15, 0.2) is 36.4 Å². The van der Waals surface area contributed by atoms with Crippen LogP contribution in [0.4, 0.5) is 0 Å². The molecule has 0 unspecified atom stereocenters. The first-order chi connectivity index (χ1) is 10.1. The minimum atomic E-state index is 0.0942. The molecular weight excluding hydrogens is 284 g/mol. The number of ether oxygens (including phenoxy) is 1. The summed E-state index contributed by atoms with van der Waals surface area (Å²) in [6.45, 7) is 2.73. The second kappa shape index (κ2) is 5.90. The molecule has 1 aliphatic heterocycles. The topological polar surface area (TPSA) is 26.3 Å². The summed E-state index contributed by atoms with van der Waals surface area (Å²) >= 11 is 6.15. The number of aryl methyl sites for hydroxylation is 2. The van der Waals surface area contributed by atoms with Gasteiger partial charge in [0.1, 0.15) is 5.75 Å². The predicted octanol–water partition coefficient (Wildman–Crippen LogP) is 4.40. The Morgan fingerprint density at radius 2 is 2.10 bits per heavy atom. The Hall–Kier alpha value is -1.80. The van der Waals surface area contributed by atoms with E-state index in [1.807, 2.05) is 37.3 Å². The number of fused-ring (bicyclic) bond motifs is 1. The van der Waals surface area contributed by atoms with Crippen molar-refractivity contribution in [2.24, 2.45) is 0 Å². The fraction of sp³-hybridized carbons (Fsp3) is 0.278. The van der Waals surface area contributed by atoms with E-state index in [1.54, 1.807) is 0 Å². The minimum absolute atomic E-state index is 0.0942. The highest BCUT2D eigenvalue weighted by Gasteiger charge is 2.14. The van der Waals surface area contributed by atoms with Crippen LogP contribution in [0.2, 0.25) is 5.02 Å². The summed E-state index contributed by atoms with van der Waals surface area (Å²) in [6.07, 6.45) is 2.17. The van der Waals surface area contributed by atoms with Gasteiger partial charge in [0, 0.05) is 18.4 Å². The summed E-state index contributed by atoms with van der Waals surface area (Å²) in [4.78, 5) is 12.3. The number of ketones is 1. The number of hydrogen-bond donors (Lipinski definition) is 0. The van der Waals surface area contributed by atoms with Crippen LogP contribution >= 0.6 is 11.6 Å². The molecule has 1 aliphatic rings. The van der Waals surface area contributed by atoms with Gasteiger partial charge in [0.25, 0.3) is 0 Å². The smallest absolute Gasteiger partial charge is 0.164 e. The van der Waals surface area contributed by atoms with Crippen molar-refractivity contribution in [1.82, 2.24) is 0 Å². The maximum absolute atomic E-state index is 12.3. The zero-order chi connectivity index (χ0) is 14.8. The van der Waals surface area contributed by atoms with Crippen LogP contribution < -0.4 is 4.74 Å². The lowest BCUT2D eigenvalue weighted by molar-refractivity contribution is 0.0983. The number of halogens is 1. The molecule has 0 aliphatic carbocycles. The average molecular weight is 301 g/mol. The van der Waals surface area contributed by atoms with Gasteiger partial charge in [-0.05, 0) is 48.2 Å². The van der Waals surface area contributed by atoms with E-state index in [-0.39, 0.29) is 5.78 Å². The SMILES string of the molecule is Cc1ccc(C(=O)CCc2ccc3c(c2)CCO3)c(Cl)c1. The van der Waals surface area contributed by atoms with Crippen molar-refractivity contribution >= 4 is 17.4 Å². The summed E-state index contributed by atoms with van der Waals surface area (Å²) in [5.74, 6) is 1.07. The largest absolute Gasteiger partial charge is 0.493 e. The summed E-state index contributed by atoms with van der Waals surface area (Å²) in [7, 11) is 0. The van der Waals surface area contributed by atoms with Crippen molar-refractivity contribution in [1.29, 1.82) is 0 Å². The third kappa shape index (κ3) is 3.11. The highest BCUT2D eigenvalue weighted by atomic mass is 35.5. The Balaban J connectivity index is 1.68. The van der Waals surface area contributed by atoms with Crippen molar-refractivity contribution in [3.63, 3.8) is 0 Å². The van der Waals surface area contributed by atoms with Crippen LogP contribution in [-0.2, 0) is 12.8 Å². The molecule has 21 heavy (non-hydrogen) atoms. The molecule has 0 amide bonds. The standard InChI is InChI=1S/C18H17ClO2/c1-12-2-5-15(16(19)10-12)17(20)6-3-13-4-7-18-14(11-13)8-9-21-18/h2,4-5,7,10-11H,3,6,8-9H2,1H3. The molecule has 0 saturated carbocycles. The van der Waals surface area contributed by atoms with Crippen molar-refractivity contribution < 1.29 is 9.53 Å². The second-order valence-corrected chi connectivity index (χ2v) is 5.85. The Labute approximate surface area is 129 Å². The highest BCUT2D eigenvalue weighted by Crippen LogP contribution is 2.27. The molecule has 0 spiro atoms. The highest BCUT2D eigenvalue weighted by molar-refractivity contribution is 6.34. The third-order valence-electron chi connectivity index (χ3n) is 3.82. The maximum Gasteiger partial charge on any atom is 0.164 e. The molecule has 108 valence electrons. The fourth-order valence-electron chi connectivity index (χ4n) is 2.63. The Morgan fingerprint density at radius 1 is 1.24 bits per heavy atom. The predicted molar refractivity (Wildman–Crippen MR) is 84.5 cm³/mol. The summed E-state index contributed by atoms with van der Waals surface area (Å²) in [6, 6.07) is 11.8. The van der Waals surface area contributed by atoms with E-state index in [1.165, 1.54) is 11.1 Å². The van der Waals surface area contributed by atoms with E-state index >= 15 is 0 Å². The van der Waals surface area contributed by atoms with Gasteiger partial charge >= 0.3 is 0 Å². The lowest BCUT2D eigenvalue weighted by Crippen LogP contribution is -2.02.